The van der Waals surface area contributed by atoms with Gasteiger partial charge >= 0.3 is 0 Å². The summed E-state index contributed by atoms with van der Waals surface area (Å²) in [7, 11) is 1.66. The lowest BCUT2D eigenvalue weighted by Crippen LogP contribution is -2.44. The molecule has 3 aromatic rings. The average Bonchev–Trinajstić information content (AvgIpc) is 3.20. The fourth-order valence-electron chi connectivity index (χ4n) is 4.29. The topological polar surface area (TPSA) is 78.3 Å². The number of amides is 1. The van der Waals surface area contributed by atoms with E-state index in [1.54, 1.807) is 13.3 Å². The second kappa shape index (κ2) is 8.67. The van der Waals surface area contributed by atoms with Crippen molar-refractivity contribution in [2.75, 3.05) is 26.9 Å². The lowest BCUT2D eigenvalue weighted by Gasteiger charge is -2.38. The molecular formula is C24H30N4O3. The van der Waals surface area contributed by atoms with Crippen LogP contribution in [-0.4, -0.2) is 47.5 Å². The summed E-state index contributed by atoms with van der Waals surface area (Å²) in [5.41, 5.74) is 3.14. The van der Waals surface area contributed by atoms with Gasteiger partial charge in [-0.05, 0) is 57.4 Å². The number of nitrogens with zero attached hydrogens (tertiary/aromatic N) is 3. The Bertz CT molecular complexity index is 1070. The number of pyridine rings is 1. The van der Waals surface area contributed by atoms with E-state index in [-0.39, 0.29) is 17.4 Å². The van der Waals surface area contributed by atoms with E-state index >= 15 is 0 Å². The number of methoxy groups -OCH3 is 1. The molecule has 7 nitrogen and oxygen atoms in total. The highest BCUT2D eigenvalue weighted by Crippen LogP contribution is 2.35. The van der Waals surface area contributed by atoms with Gasteiger partial charge in [0.2, 0.25) is 0 Å². The molecule has 2 aromatic heterocycles. The first-order valence-corrected chi connectivity index (χ1v) is 10.8. The van der Waals surface area contributed by atoms with Crippen LogP contribution in [-0.2, 0) is 10.2 Å². The molecule has 7 heteroatoms. The average molecular weight is 423 g/mol. The van der Waals surface area contributed by atoms with Gasteiger partial charge in [0.1, 0.15) is 5.75 Å². The lowest BCUT2D eigenvalue weighted by atomic mass is 9.74. The quantitative estimate of drug-likeness (QED) is 0.654. The molecule has 164 valence electrons. The molecule has 0 spiro atoms. The van der Waals surface area contributed by atoms with Crippen LogP contribution in [0.2, 0.25) is 0 Å². The molecule has 0 radical (unpaired) electrons. The van der Waals surface area contributed by atoms with Crippen molar-refractivity contribution in [1.82, 2.24) is 20.1 Å². The number of ether oxygens (including phenoxy) is 2. The van der Waals surface area contributed by atoms with Gasteiger partial charge in [-0.25, -0.2) is 9.67 Å². The molecule has 1 fully saturated rings. The van der Waals surface area contributed by atoms with Gasteiger partial charge in [-0.15, -0.1) is 0 Å². The number of aryl methyl sites for hydroxylation is 1. The zero-order chi connectivity index (χ0) is 22.0. The summed E-state index contributed by atoms with van der Waals surface area (Å²) >= 11 is 0. The smallest absolute Gasteiger partial charge is 0.253 e. The molecule has 3 heterocycles. The van der Waals surface area contributed by atoms with E-state index in [2.05, 4.69) is 41.4 Å². The van der Waals surface area contributed by atoms with Gasteiger partial charge in [0, 0.05) is 36.6 Å². The second-order valence-corrected chi connectivity index (χ2v) is 8.52. The SMILES string of the molecule is COc1ccc(C2(CNC(=O)c3cc4cnn(C(C)C)c4nc3C)CCOCC2)cc1. The standard InChI is InChI=1S/C24H30N4O3/c1-16(2)28-22-18(14-26-28)13-21(17(3)27-22)23(29)25-15-24(9-11-31-12-10-24)19-5-7-20(30-4)8-6-19/h5-8,13-14,16H,9-12,15H2,1-4H3,(H,25,29). The Morgan fingerprint density at radius 3 is 2.61 bits per heavy atom. The van der Waals surface area contributed by atoms with Gasteiger partial charge in [-0.2, -0.15) is 5.10 Å². The minimum Gasteiger partial charge on any atom is -0.497 e. The monoisotopic (exact) mass is 422 g/mol. The largest absolute Gasteiger partial charge is 0.497 e. The molecule has 1 aromatic carbocycles. The normalized spacial score (nSPS) is 15.9. The first-order chi connectivity index (χ1) is 14.9. The second-order valence-electron chi connectivity index (χ2n) is 8.52. The maximum atomic E-state index is 13.1. The van der Waals surface area contributed by atoms with Gasteiger partial charge < -0.3 is 14.8 Å². The molecule has 0 saturated carbocycles. The summed E-state index contributed by atoms with van der Waals surface area (Å²) in [6.07, 6.45) is 3.49. The van der Waals surface area contributed by atoms with Crippen molar-refractivity contribution < 1.29 is 14.3 Å². The minimum atomic E-state index is -0.159. The number of carbonyl (C=O) groups is 1. The van der Waals surface area contributed by atoms with E-state index in [9.17, 15) is 4.79 Å². The molecule has 0 unspecified atom stereocenters. The van der Waals surface area contributed by atoms with E-state index in [4.69, 9.17) is 9.47 Å². The third kappa shape index (κ3) is 4.14. The molecule has 1 aliphatic rings. The van der Waals surface area contributed by atoms with Crippen molar-refractivity contribution in [3.05, 3.63) is 53.3 Å². The fourth-order valence-corrected chi connectivity index (χ4v) is 4.29. The van der Waals surface area contributed by atoms with Crippen molar-refractivity contribution in [3.8, 4) is 5.75 Å². The summed E-state index contributed by atoms with van der Waals surface area (Å²) in [6.45, 7) is 7.92. The Hall–Kier alpha value is -2.93. The lowest BCUT2D eigenvalue weighted by molar-refractivity contribution is 0.0487. The highest BCUT2D eigenvalue weighted by molar-refractivity contribution is 5.98. The van der Waals surface area contributed by atoms with E-state index in [0.717, 1.165) is 29.6 Å². The van der Waals surface area contributed by atoms with Gasteiger partial charge in [-0.1, -0.05) is 12.1 Å². The Morgan fingerprint density at radius 1 is 1.26 bits per heavy atom. The zero-order valence-corrected chi connectivity index (χ0v) is 18.6. The Labute approximate surface area is 182 Å². The summed E-state index contributed by atoms with van der Waals surface area (Å²) in [4.78, 5) is 17.8. The number of rotatable bonds is 6. The molecule has 1 N–H and O–H groups in total. The Morgan fingerprint density at radius 2 is 1.97 bits per heavy atom. The fraction of sp³-hybridized carbons (Fsp3) is 0.458. The van der Waals surface area contributed by atoms with Crippen LogP contribution in [0, 0.1) is 6.92 Å². The van der Waals surface area contributed by atoms with Crippen LogP contribution < -0.4 is 10.1 Å². The van der Waals surface area contributed by atoms with Crippen molar-refractivity contribution in [2.24, 2.45) is 0 Å². The molecule has 4 rings (SSSR count). The maximum absolute atomic E-state index is 13.1. The van der Waals surface area contributed by atoms with Crippen LogP contribution in [0.1, 0.15) is 54.3 Å². The zero-order valence-electron chi connectivity index (χ0n) is 18.6. The van der Waals surface area contributed by atoms with E-state index in [1.807, 2.05) is 29.8 Å². The molecule has 1 saturated heterocycles. The Kier molecular flexibility index (Phi) is 5.96. The third-order valence-electron chi connectivity index (χ3n) is 6.23. The summed E-state index contributed by atoms with van der Waals surface area (Å²) < 4.78 is 12.8. The number of hydrogen-bond acceptors (Lipinski definition) is 5. The van der Waals surface area contributed by atoms with E-state index in [1.165, 1.54) is 5.56 Å². The maximum Gasteiger partial charge on any atom is 0.253 e. The van der Waals surface area contributed by atoms with Crippen LogP contribution >= 0.6 is 0 Å². The van der Waals surface area contributed by atoms with Crippen LogP contribution in [0.3, 0.4) is 0 Å². The van der Waals surface area contributed by atoms with E-state index < -0.39 is 0 Å². The van der Waals surface area contributed by atoms with Crippen molar-refractivity contribution in [1.29, 1.82) is 0 Å². The first kappa shape index (κ1) is 21.3. The summed E-state index contributed by atoms with van der Waals surface area (Å²) in [6, 6.07) is 10.2. The van der Waals surface area contributed by atoms with E-state index in [0.29, 0.717) is 31.0 Å². The van der Waals surface area contributed by atoms with Crippen LogP contribution in [0.4, 0.5) is 0 Å². The molecule has 31 heavy (non-hydrogen) atoms. The predicted molar refractivity (Wildman–Crippen MR) is 120 cm³/mol. The first-order valence-electron chi connectivity index (χ1n) is 10.8. The number of benzene rings is 1. The van der Waals surface area contributed by atoms with Gasteiger partial charge in [0.05, 0.1) is 24.6 Å². The minimum absolute atomic E-state index is 0.108. The van der Waals surface area contributed by atoms with Crippen LogP contribution in [0.5, 0.6) is 5.75 Å². The van der Waals surface area contributed by atoms with Crippen molar-refractivity contribution in [2.45, 2.75) is 45.1 Å². The third-order valence-corrected chi connectivity index (χ3v) is 6.23. The molecule has 1 aliphatic heterocycles. The van der Waals surface area contributed by atoms with Crippen LogP contribution in [0.25, 0.3) is 11.0 Å². The molecule has 0 bridgehead atoms. The van der Waals surface area contributed by atoms with Crippen molar-refractivity contribution >= 4 is 16.9 Å². The number of nitrogens with one attached hydrogen (secondary N) is 1. The molecule has 0 aliphatic carbocycles. The highest BCUT2D eigenvalue weighted by Gasteiger charge is 2.35. The number of hydrogen-bond donors (Lipinski definition) is 1. The number of carbonyl (C=O) groups excluding carboxylic acids is 1. The van der Waals surface area contributed by atoms with Gasteiger partial charge in [-0.3, -0.25) is 4.79 Å². The van der Waals surface area contributed by atoms with Gasteiger partial charge in [0.25, 0.3) is 5.91 Å². The molecule has 0 atom stereocenters. The molecule has 1 amide bonds. The van der Waals surface area contributed by atoms with Crippen molar-refractivity contribution in [3.63, 3.8) is 0 Å². The number of fused-ring (bicyclic) bond motifs is 1. The predicted octanol–water partition coefficient (Wildman–Crippen LogP) is 3.81. The Balaban J connectivity index is 1.57. The van der Waals surface area contributed by atoms with Crippen LogP contribution in [0.15, 0.2) is 36.5 Å². The van der Waals surface area contributed by atoms with Gasteiger partial charge in [0.15, 0.2) is 5.65 Å². The summed E-state index contributed by atoms with van der Waals surface area (Å²) in [5.74, 6) is 0.718. The number of aromatic nitrogens is 3. The summed E-state index contributed by atoms with van der Waals surface area (Å²) in [5, 5.41) is 8.47. The molecular weight excluding hydrogens is 392 g/mol. The highest BCUT2D eigenvalue weighted by atomic mass is 16.5.